The molecule has 3 heteroatoms. The molecular weight excluding hydrogens is 318 g/mol. The quantitative estimate of drug-likeness (QED) is 0.468. The molecule has 2 heterocycles. The Hall–Kier alpha value is -1.77. The Labute approximate surface area is 159 Å². The van der Waals surface area contributed by atoms with Crippen molar-refractivity contribution in [3.63, 3.8) is 0 Å². The molecule has 0 bridgehead atoms. The van der Waals surface area contributed by atoms with Crippen molar-refractivity contribution >= 4 is 22.8 Å². The molecule has 3 nitrogen and oxygen atoms in total. The SMILES string of the molecule is CCCC[N+](=Cc1cn(C)c2ccc(N3CCCCC3)cc12)CCCC. The van der Waals surface area contributed by atoms with Crippen LogP contribution >= 0.6 is 0 Å². The van der Waals surface area contributed by atoms with E-state index < -0.39 is 0 Å². The standard InChI is InChI=1S/C23H36N3/c1-4-6-13-25(14-7-5-2)19-20-18-24(3)23-12-11-21(17-22(20)23)26-15-9-8-10-16-26/h11-12,17-19H,4-10,13-16H2,1-3H3/q+1. The van der Waals surface area contributed by atoms with E-state index in [2.05, 4.69) is 65.5 Å². The van der Waals surface area contributed by atoms with E-state index in [9.17, 15) is 0 Å². The molecule has 1 aromatic carbocycles. The van der Waals surface area contributed by atoms with Crippen molar-refractivity contribution in [1.82, 2.24) is 4.57 Å². The van der Waals surface area contributed by atoms with Gasteiger partial charge in [-0.2, -0.15) is 0 Å². The molecular formula is C23H36N3+. The fourth-order valence-electron chi connectivity index (χ4n) is 4.02. The van der Waals surface area contributed by atoms with Crippen molar-refractivity contribution in [2.24, 2.45) is 7.05 Å². The molecule has 3 rings (SSSR count). The smallest absolute Gasteiger partial charge is 0.172 e. The second kappa shape index (κ2) is 9.25. The van der Waals surface area contributed by atoms with Gasteiger partial charge in [-0.25, -0.2) is 4.58 Å². The molecule has 0 amide bonds. The summed E-state index contributed by atoms with van der Waals surface area (Å²) in [7, 11) is 2.17. The minimum absolute atomic E-state index is 1.17. The maximum atomic E-state index is 2.56. The molecule has 0 radical (unpaired) electrons. The Kier molecular flexibility index (Phi) is 6.76. The van der Waals surface area contributed by atoms with Gasteiger partial charge in [0.05, 0.1) is 5.56 Å². The Bertz CT molecular complexity index is 725. The van der Waals surface area contributed by atoms with E-state index in [0.29, 0.717) is 0 Å². The predicted molar refractivity (Wildman–Crippen MR) is 114 cm³/mol. The van der Waals surface area contributed by atoms with Gasteiger partial charge in [0, 0.05) is 55.8 Å². The van der Waals surface area contributed by atoms with Crippen LogP contribution in [0.4, 0.5) is 5.69 Å². The van der Waals surface area contributed by atoms with Gasteiger partial charge in [0.15, 0.2) is 6.21 Å². The number of nitrogens with zero attached hydrogens (tertiary/aromatic N) is 3. The van der Waals surface area contributed by atoms with Crippen LogP contribution in [0.2, 0.25) is 0 Å². The topological polar surface area (TPSA) is 11.2 Å². The summed E-state index contributed by atoms with van der Waals surface area (Å²) >= 11 is 0. The number of anilines is 1. The van der Waals surface area contributed by atoms with Crippen LogP contribution in [0.25, 0.3) is 10.9 Å². The van der Waals surface area contributed by atoms with Crippen molar-refractivity contribution in [2.75, 3.05) is 31.1 Å². The fraction of sp³-hybridized carbons (Fsp3) is 0.609. The summed E-state index contributed by atoms with van der Waals surface area (Å²) in [6.07, 6.45) is 13.8. The number of piperidine rings is 1. The number of hydrogen-bond donors (Lipinski definition) is 0. The van der Waals surface area contributed by atoms with Crippen LogP contribution in [-0.2, 0) is 7.05 Å². The molecule has 0 aliphatic carbocycles. The van der Waals surface area contributed by atoms with Crippen molar-refractivity contribution in [3.8, 4) is 0 Å². The number of hydrogen-bond acceptors (Lipinski definition) is 1. The number of aryl methyl sites for hydroxylation is 1. The molecule has 0 saturated carbocycles. The van der Waals surface area contributed by atoms with Crippen LogP contribution in [0.15, 0.2) is 24.4 Å². The van der Waals surface area contributed by atoms with E-state index in [4.69, 9.17) is 0 Å². The summed E-state index contributed by atoms with van der Waals surface area (Å²) in [5.41, 5.74) is 4.10. The minimum Gasteiger partial charge on any atom is -0.372 e. The van der Waals surface area contributed by atoms with E-state index in [1.54, 1.807) is 0 Å². The zero-order chi connectivity index (χ0) is 18.4. The van der Waals surface area contributed by atoms with Gasteiger partial charge < -0.3 is 9.47 Å². The third-order valence-corrected chi connectivity index (χ3v) is 5.64. The fourth-order valence-corrected chi connectivity index (χ4v) is 4.02. The molecule has 1 aliphatic heterocycles. The normalized spacial score (nSPS) is 14.8. The van der Waals surface area contributed by atoms with Crippen LogP contribution in [0.5, 0.6) is 0 Å². The highest BCUT2D eigenvalue weighted by Gasteiger charge is 2.15. The van der Waals surface area contributed by atoms with Gasteiger partial charge in [-0.1, -0.05) is 26.7 Å². The zero-order valence-electron chi connectivity index (χ0n) is 17.0. The van der Waals surface area contributed by atoms with Crippen LogP contribution < -0.4 is 4.90 Å². The van der Waals surface area contributed by atoms with E-state index in [1.165, 1.54) is 93.3 Å². The van der Waals surface area contributed by atoms with E-state index in [1.807, 2.05) is 0 Å². The Morgan fingerprint density at radius 2 is 1.69 bits per heavy atom. The van der Waals surface area contributed by atoms with Crippen molar-refractivity contribution in [1.29, 1.82) is 0 Å². The third-order valence-electron chi connectivity index (χ3n) is 5.64. The first-order valence-corrected chi connectivity index (χ1v) is 10.7. The van der Waals surface area contributed by atoms with Gasteiger partial charge in [0.25, 0.3) is 0 Å². The van der Waals surface area contributed by atoms with E-state index >= 15 is 0 Å². The van der Waals surface area contributed by atoms with Gasteiger partial charge >= 0.3 is 0 Å². The van der Waals surface area contributed by atoms with Crippen LogP contribution in [0.1, 0.15) is 64.4 Å². The first kappa shape index (κ1) is 19.0. The molecule has 0 spiro atoms. The van der Waals surface area contributed by atoms with Gasteiger partial charge in [-0.05, 0) is 37.5 Å². The van der Waals surface area contributed by atoms with Gasteiger partial charge in [-0.15, -0.1) is 0 Å². The van der Waals surface area contributed by atoms with Crippen LogP contribution in [0.3, 0.4) is 0 Å². The number of rotatable bonds is 8. The lowest BCUT2D eigenvalue weighted by Gasteiger charge is -2.28. The highest BCUT2D eigenvalue weighted by Crippen LogP contribution is 2.27. The average molecular weight is 355 g/mol. The number of aromatic nitrogens is 1. The van der Waals surface area contributed by atoms with Crippen molar-refractivity contribution in [2.45, 2.75) is 58.8 Å². The minimum atomic E-state index is 1.17. The first-order valence-electron chi connectivity index (χ1n) is 10.7. The lowest BCUT2D eigenvalue weighted by Crippen LogP contribution is -2.29. The molecule has 1 aromatic heterocycles. The molecule has 0 atom stereocenters. The van der Waals surface area contributed by atoms with Gasteiger partial charge in [0.1, 0.15) is 13.1 Å². The van der Waals surface area contributed by atoms with Crippen molar-refractivity contribution < 1.29 is 4.58 Å². The van der Waals surface area contributed by atoms with E-state index in [-0.39, 0.29) is 0 Å². The highest BCUT2D eigenvalue weighted by molar-refractivity contribution is 5.99. The summed E-state index contributed by atoms with van der Waals surface area (Å²) in [4.78, 5) is 2.56. The molecule has 0 unspecified atom stereocenters. The van der Waals surface area contributed by atoms with Crippen LogP contribution in [0, 0.1) is 0 Å². The zero-order valence-corrected chi connectivity index (χ0v) is 17.0. The number of benzene rings is 1. The molecule has 142 valence electrons. The van der Waals surface area contributed by atoms with Gasteiger partial charge in [0.2, 0.25) is 0 Å². The molecule has 1 aliphatic rings. The summed E-state index contributed by atoms with van der Waals surface area (Å²) in [6.45, 7) is 9.30. The average Bonchev–Trinajstić information content (AvgIpc) is 2.99. The molecule has 1 fully saturated rings. The van der Waals surface area contributed by atoms with Crippen molar-refractivity contribution in [3.05, 3.63) is 30.0 Å². The summed E-state index contributed by atoms with van der Waals surface area (Å²) in [5.74, 6) is 0. The lowest BCUT2D eigenvalue weighted by atomic mass is 10.1. The van der Waals surface area contributed by atoms with Gasteiger partial charge in [-0.3, -0.25) is 0 Å². The van der Waals surface area contributed by atoms with Crippen LogP contribution in [-0.4, -0.2) is 41.5 Å². The second-order valence-corrected chi connectivity index (χ2v) is 7.82. The third kappa shape index (κ3) is 4.49. The summed E-state index contributed by atoms with van der Waals surface area (Å²) in [6, 6.07) is 7.03. The molecule has 26 heavy (non-hydrogen) atoms. The molecule has 1 saturated heterocycles. The second-order valence-electron chi connectivity index (χ2n) is 7.82. The predicted octanol–water partition coefficient (Wildman–Crippen LogP) is 5.20. The van der Waals surface area contributed by atoms with E-state index in [0.717, 1.165) is 0 Å². The number of unbranched alkanes of at least 4 members (excludes halogenated alkanes) is 2. The Morgan fingerprint density at radius 1 is 1.00 bits per heavy atom. The lowest BCUT2D eigenvalue weighted by molar-refractivity contribution is -0.524. The highest BCUT2D eigenvalue weighted by atomic mass is 15.1. The Morgan fingerprint density at radius 3 is 2.35 bits per heavy atom. The Balaban J connectivity index is 1.93. The first-order chi connectivity index (χ1) is 12.7. The summed E-state index contributed by atoms with van der Waals surface area (Å²) < 4.78 is 4.81. The summed E-state index contributed by atoms with van der Waals surface area (Å²) in [5, 5.41) is 1.40. The maximum Gasteiger partial charge on any atom is 0.172 e. The monoisotopic (exact) mass is 354 g/mol. The largest absolute Gasteiger partial charge is 0.372 e. The molecule has 0 N–H and O–H groups in total. The number of fused-ring (bicyclic) bond motifs is 1. The molecule has 2 aromatic rings. The maximum absolute atomic E-state index is 2.56.